The van der Waals surface area contributed by atoms with E-state index in [0.717, 1.165) is 29.8 Å². The second-order valence-electron chi connectivity index (χ2n) is 8.93. The maximum Gasteiger partial charge on any atom is 0.318 e. The van der Waals surface area contributed by atoms with Crippen LogP contribution in [-0.4, -0.2) is 28.1 Å². The lowest BCUT2D eigenvalue weighted by atomic mass is 9.95. The fourth-order valence-electron chi connectivity index (χ4n) is 4.98. The normalized spacial score (nSPS) is 17.4. The quantitative estimate of drug-likeness (QED) is 0.544. The van der Waals surface area contributed by atoms with E-state index in [0.29, 0.717) is 13.2 Å². The van der Waals surface area contributed by atoms with E-state index in [4.69, 9.17) is 4.74 Å². The third-order valence-electron chi connectivity index (χ3n) is 6.36. The molecular weight excluding hydrogens is 418 g/mol. The van der Waals surface area contributed by atoms with Gasteiger partial charge in [0.2, 0.25) is 0 Å². The van der Waals surface area contributed by atoms with Gasteiger partial charge in [-0.3, -0.25) is 0 Å². The van der Waals surface area contributed by atoms with Gasteiger partial charge in [0, 0.05) is 22.7 Å². The number of nitrogens with one attached hydrogen (secondary N) is 1. The van der Waals surface area contributed by atoms with Gasteiger partial charge in [-0.15, -0.1) is 11.3 Å². The first-order valence-corrected chi connectivity index (χ1v) is 12.5. The van der Waals surface area contributed by atoms with Crippen LogP contribution in [0.15, 0.2) is 42.6 Å². The predicted molar refractivity (Wildman–Crippen MR) is 129 cm³/mol. The summed E-state index contributed by atoms with van der Waals surface area (Å²) in [4.78, 5) is 17.1. The minimum Gasteiger partial charge on any atom is -0.494 e. The van der Waals surface area contributed by atoms with Crippen molar-refractivity contribution in [3.63, 3.8) is 0 Å². The number of urea groups is 1. The summed E-state index contributed by atoms with van der Waals surface area (Å²) >= 11 is 1.92. The molecule has 2 amide bonds. The Morgan fingerprint density at radius 2 is 1.94 bits per heavy atom. The standard InChI is InChI=1S/C26H31N3O2S/c1-4-31-19-13-11-18(12-14-19)24-22-9-7-15-28(22)25-21(16-29(24)26(30)27-17(2)3)20-8-5-6-10-23(20)32-25/h7,9,11-15,17,24H,4-6,8,10,16H2,1-3H3,(H,27,30). The molecule has 1 N–H and O–H groups in total. The van der Waals surface area contributed by atoms with E-state index in [1.54, 1.807) is 0 Å². The van der Waals surface area contributed by atoms with Crippen LogP contribution in [0, 0.1) is 0 Å². The topological polar surface area (TPSA) is 46.5 Å². The lowest BCUT2D eigenvalue weighted by Gasteiger charge is -2.32. The average molecular weight is 450 g/mol. The predicted octanol–water partition coefficient (Wildman–Crippen LogP) is 5.84. The number of thiophene rings is 1. The van der Waals surface area contributed by atoms with Crippen LogP contribution in [0.1, 0.15) is 66.9 Å². The van der Waals surface area contributed by atoms with Crippen LogP contribution in [0.5, 0.6) is 5.75 Å². The number of nitrogens with zero attached hydrogens (tertiary/aromatic N) is 2. The summed E-state index contributed by atoms with van der Waals surface area (Å²) in [7, 11) is 0. The number of carbonyl (C=O) groups excluding carboxylic acids is 1. The molecule has 1 aromatic carbocycles. The van der Waals surface area contributed by atoms with E-state index < -0.39 is 0 Å². The molecule has 0 saturated heterocycles. The van der Waals surface area contributed by atoms with Crippen molar-refractivity contribution in [2.75, 3.05) is 6.61 Å². The highest BCUT2D eigenvalue weighted by Crippen LogP contribution is 2.44. The number of amides is 2. The number of hydrogen-bond donors (Lipinski definition) is 1. The molecular formula is C26H31N3O2S. The van der Waals surface area contributed by atoms with Gasteiger partial charge in [0.25, 0.3) is 0 Å². The van der Waals surface area contributed by atoms with E-state index in [1.165, 1.54) is 33.8 Å². The Morgan fingerprint density at radius 3 is 2.69 bits per heavy atom. The molecule has 2 aromatic heterocycles. The van der Waals surface area contributed by atoms with Crippen LogP contribution in [-0.2, 0) is 19.4 Å². The summed E-state index contributed by atoms with van der Waals surface area (Å²) in [5.74, 6) is 0.853. The number of aromatic nitrogens is 1. The molecule has 2 aliphatic rings. The zero-order valence-electron chi connectivity index (χ0n) is 19.1. The maximum absolute atomic E-state index is 13.5. The van der Waals surface area contributed by atoms with E-state index in [2.05, 4.69) is 40.3 Å². The summed E-state index contributed by atoms with van der Waals surface area (Å²) in [6, 6.07) is 12.4. The van der Waals surface area contributed by atoms with E-state index in [9.17, 15) is 4.79 Å². The lowest BCUT2D eigenvalue weighted by Crippen LogP contribution is -2.44. The average Bonchev–Trinajstić information content (AvgIpc) is 3.36. The Hall–Kier alpha value is -2.73. The van der Waals surface area contributed by atoms with E-state index in [-0.39, 0.29) is 18.1 Å². The number of benzene rings is 1. The van der Waals surface area contributed by atoms with Gasteiger partial charge in [0.1, 0.15) is 10.8 Å². The van der Waals surface area contributed by atoms with Crippen LogP contribution in [0.2, 0.25) is 0 Å². The lowest BCUT2D eigenvalue weighted by molar-refractivity contribution is 0.178. The zero-order valence-corrected chi connectivity index (χ0v) is 19.9. The Kier molecular flexibility index (Phi) is 5.72. The highest BCUT2D eigenvalue weighted by atomic mass is 32.1. The molecule has 1 atom stereocenters. The first-order valence-electron chi connectivity index (χ1n) is 11.7. The minimum atomic E-state index is -0.168. The largest absolute Gasteiger partial charge is 0.494 e. The Morgan fingerprint density at radius 1 is 1.16 bits per heavy atom. The Bertz CT molecular complexity index is 1110. The molecule has 1 unspecified atom stereocenters. The summed E-state index contributed by atoms with van der Waals surface area (Å²) in [6.45, 7) is 7.28. The van der Waals surface area contributed by atoms with Crippen LogP contribution >= 0.6 is 11.3 Å². The molecule has 0 saturated carbocycles. The molecule has 0 spiro atoms. The zero-order chi connectivity index (χ0) is 22.2. The number of carbonyl (C=O) groups is 1. The molecule has 1 aliphatic carbocycles. The molecule has 0 radical (unpaired) electrons. The second-order valence-corrected chi connectivity index (χ2v) is 10.0. The molecule has 0 bridgehead atoms. The molecule has 0 fully saturated rings. The molecule has 1 aliphatic heterocycles. The highest BCUT2D eigenvalue weighted by molar-refractivity contribution is 7.15. The van der Waals surface area contributed by atoms with Gasteiger partial charge in [-0.1, -0.05) is 12.1 Å². The third-order valence-corrected chi connectivity index (χ3v) is 7.69. The smallest absolute Gasteiger partial charge is 0.318 e. The van der Waals surface area contributed by atoms with E-state index in [1.807, 2.05) is 49.1 Å². The van der Waals surface area contributed by atoms with Gasteiger partial charge in [-0.05, 0) is 81.8 Å². The van der Waals surface area contributed by atoms with Crippen molar-refractivity contribution < 1.29 is 9.53 Å². The number of rotatable bonds is 4. The molecule has 3 heterocycles. The van der Waals surface area contributed by atoms with Crippen LogP contribution in [0.4, 0.5) is 4.79 Å². The summed E-state index contributed by atoms with van der Waals surface area (Å²) in [6.07, 6.45) is 6.92. The molecule has 5 rings (SSSR count). The van der Waals surface area contributed by atoms with Gasteiger partial charge in [-0.25, -0.2) is 4.79 Å². The SMILES string of the molecule is CCOc1ccc(C2c3cccn3-c3sc4c(c3CN2C(=O)NC(C)C)CCCC4)cc1. The minimum absolute atomic E-state index is 0.0183. The van der Waals surface area contributed by atoms with Crippen molar-refractivity contribution in [3.8, 4) is 10.8 Å². The van der Waals surface area contributed by atoms with Gasteiger partial charge in [-0.2, -0.15) is 0 Å². The number of aryl methyl sites for hydroxylation is 1. The van der Waals surface area contributed by atoms with Gasteiger partial charge in [0.15, 0.2) is 0 Å². The Labute approximate surface area is 194 Å². The van der Waals surface area contributed by atoms with Gasteiger partial charge in [0.05, 0.1) is 24.9 Å². The van der Waals surface area contributed by atoms with Crippen LogP contribution in [0.3, 0.4) is 0 Å². The Balaban J connectivity index is 1.65. The summed E-state index contributed by atoms with van der Waals surface area (Å²) < 4.78 is 7.98. The molecule has 6 heteroatoms. The highest BCUT2D eigenvalue weighted by Gasteiger charge is 2.36. The molecule has 3 aromatic rings. The molecule has 32 heavy (non-hydrogen) atoms. The maximum atomic E-state index is 13.5. The van der Waals surface area contributed by atoms with E-state index >= 15 is 0 Å². The van der Waals surface area contributed by atoms with Crippen molar-refractivity contribution in [1.82, 2.24) is 14.8 Å². The first kappa shape index (κ1) is 21.1. The number of ether oxygens (including phenoxy) is 1. The third kappa shape index (κ3) is 3.71. The summed E-state index contributed by atoms with van der Waals surface area (Å²) in [5, 5.41) is 4.44. The van der Waals surface area contributed by atoms with Crippen molar-refractivity contribution >= 4 is 17.4 Å². The monoisotopic (exact) mass is 449 g/mol. The fourth-order valence-corrected chi connectivity index (χ4v) is 6.38. The molecule has 5 nitrogen and oxygen atoms in total. The number of fused-ring (bicyclic) bond motifs is 5. The summed E-state index contributed by atoms with van der Waals surface area (Å²) in [5.41, 5.74) is 5.03. The first-order chi connectivity index (χ1) is 15.6. The number of hydrogen-bond acceptors (Lipinski definition) is 3. The van der Waals surface area contributed by atoms with Crippen molar-refractivity contribution in [1.29, 1.82) is 0 Å². The fraction of sp³-hybridized carbons (Fsp3) is 0.423. The van der Waals surface area contributed by atoms with Gasteiger partial charge < -0.3 is 19.5 Å². The van der Waals surface area contributed by atoms with Crippen LogP contribution < -0.4 is 10.1 Å². The van der Waals surface area contributed by atoms with Crippen molar-refractivity contribution in [2.45, 2.75) is 65.1 Å². The van der Waals surface area contributed by atoms with Gasteiger partial charge >= 0.3 is 6.03 Å². The van der Waals surface area contributed by atoms with Crippen molar-refractivity contribution in [3.05, 3.63) is 69.9 Å². The second kappa shape index (κ2) is 8.66. The van der Waals surface area contributed by atoms with Crippen LogP contribution in [0.25, 0.3) is 5.00 Å². The molecule has 168 valence electrons. The van der Waals surface area contributed by atoms with Crippen molar-refractivity contribution in [2.24, 2.45) is 0 Å².